The summed E-state index contributed by atoms with van der Waals surface area (Å²) < 4.78 is 5.63. The van der Waals surface area contributed by atoms with Crippen LogP contribution in [0.1, 0.15) is 41.6 Å². The van der Waals surface area contributed by atoms with E-state index in [0.29, 0.717) is 52.5 Å². The summed E-state index contributed by atoms with van der Waals surface area (Å²) in [5, 5.41) is 15.2. The number of anilines is 1. The van der Waals surface area contributed by atoms with Gasteiger partial charge in [0, 0.05) is 26.6 Å². The summed E-state index contributed by atoms with van der Waals surface area (Å²) >= 11 is 7.30. The minimum absolute atomic E-state index is 0.199. The van der Waals surface area contributed by atoms with Crippen molar-refractivity contribution < 1.29 is 24.2 Å². The summed E-state index contributed by atoms with van der Waals surface area (Å²) in [5.41, 5.74) is 1.90. The third-order valence-electron chi connectivity index (χ3n) is 5.44. The number of hydrogen-bond donors (Lipinski definition) is 3. The molecular weight excluding hydrogens is 458 g/mol. The lowest BCUT2D eigenvalue weighted by molar-refractivity contribution is -0.135. The fourth-order valence-electron chi connectivity index (χ4n) is 3.62. The van der Waals surface area contributed by atoms with Gasteiger partial charge in [-0.05, 0) is 25.3 Å². The Labute approximate surface area is 194 Å². The lowest BCUT2D eigenvalue weighted by Gasteiger charge is -2.38. The molecule has 12 heteroatoms. The molecule has 0 radical (unpaired) electrons. The molecule has 2 amide bonds. The van der Waals surface area contributed by atoms with Gasteiger partial charge in [-0.2, -0.15) is 0 Å². The summed E-state index contributed by atoms with van der Waals surface area (Å²) in [4.78, 5) is 46.6. The van der Waals surface area contributed by atoms with Gasteiger partial charge in [0.25, 0.3) is 11.8 Å². The molecule has 0 spiro atoms. The monoisotopic (exact) mass is 483 g/mol. The number of aryl methyl sites for hydroxylation is 1. The number of rotatable bonds is 8. The third-order valence-corrected chi connectivity index (χ3v) is 7.00. The quantitative estimate of drug-likeness (QED) is 0.479. The number of hydrogen-bond acceptors (Lipinski definition) is 8. The second-order valence-electron chi connectivity index (χ2n) is 7.56. The number of piperidine rings is 1. The van der Waals surface area contributed by atoms with Crippen molar-refractivity contribution in [3.8, 4) is 0 Å². The van der Waals surface area contributed by atoms with E-state index in [2.05, 4.69) is 20.6 Å². The zero-order chi connectivity index (χ0) is 23.4. The summed E-state index contributed by atoms with van der Waals surface area (Å²) in [6.07, 6.45) is 1.56. The molecule has 2 aliphatic heterocycles. The number of amides is 2. The van der Waals surface area contributed by atoms with Gasteiger partial charge < -0.3 is 25.4 Å². The molecule has 2 atom stereocenters. The first-order valence-corrected chi connectivity index (χ1v) is 11.4. The Morgan fingerprint density at radius 2 is 2.09 bits per heavy atom. The number of allylic oxidation sites excluding steroid dienone is 1. The molecule has 32 heavy (non-hydrogen) atoms. The minimum atomic E-state index is -1.11. The molecule has 2 aliphatic rings. The second-order valence-corrected chi connectivity index (χ2v) is 8.89. The van der Waals surface area contributed by atoms with E-state index in [1.165, 1.54) is 11.3 Å². The van der Waals surface area contributed by atoms with E-state index in [1.807, 2.05) is 11.8 Å². The number of ether oxygens (including phenoxy) is 1. The van der Waals surface area contributed by atoms with Crippen molar-refractivity contribution in [2.75, 3.05) is 31.6 Å². The maximum absolute atomic E-state index is 12.7. The van der Waals surface area contributed by atoms with Crippen LogP contribution in [-0.4, -0.2) is 72.5 Å². The number of aromatic nitrogens is 1. The van der Waals surface area contributed by atoms with Gasteiger partial charge in [-0.3, -0.25) is 14.4 Å². The molecule has 1 aromatic rings. The van der Waals surface area contributed by atoms with E-state index in [9.17, 15) is 14.4 Å². The molecule has 0 aromatic carbocycles. The lowest BCUT2D eigenvalue weighted by atomic mass is 10.0. The molecule has 0 saturated carbocycles. The van der Waals surface area contributed by atoms with E-state index in [-0.39, 0.29) is 18.1 Å². The summed E-state index contributed by atoms with van der Waals surface area (Å²) in [6.45, 7) is 4.33. The Morgan fingerprint density at radius 1 is 1.34 bits per heavy atom. The number of aliphatic imine (C=N–C) groups is 1. The van der Waals surface area contributed by atoms with Gasteiger partial charge in [0.2, 0.25) is 0 Å². The normalized spacial score (nSPS) is 20.9. The molecule has 1 fully saturated rings. The van der Waals surface area contributed by atoms with Gasteiger partial charge in [-0.15, -0.1) is 0 Å². The molecule has 3 rings (SSSR count). The summed E-state index contributed by atoms with van der Waals surface area (Å²) in [7, 11) is 1.59. The van der Waals surface area contributed by atoms with Gasteiger partial charge in [-0.25, -0.2) is 9.98 Å². The van der Waals surface area contributed by atoms with Crippen molar-refractivity contribution in [3.63, 3.8) is 0 Å². The Balaban J connectivity index is 1.62. The second kappa shape index (κ2) is 10.4. The highest BCUT2D eigenvalue weighted by Crippen LogP contribution is 2.29. The van der Waals surface area contributed by atoms with Gasteiger partial charge in [0.1, 0.15) is 22.3 Å². The van der Waals surface area contributed by atoms with Crippen LogP contribution in [0.2, 0.25) is 0 Å². The minimum Gasteiger partial charge on any atom is -0.480 e. The Kier molecular flexibility index (Phi) is 7.86. The van der Waals surface area contributed by atoms with Crippen LogP contribution < -0.4 is 15.5 Å². The van der Waals surface area contributed by atoms with Crippen LogP contribution >= 0.6 is 22.9 Å². The molecule has 0 aliphatic carbocycles. The Bertz CT molecular complexity index is 976. The number of thiazole rings is 1. The largest absolute Gasteiger partial charge is 0.480 e. The first kappa shape index (κ1) is 24.1. The topological polar surface area (TPSA) is 133 Å². The third kappa shape index (κ3) is 5.45. The average molecular weight is 484 g/mol. The predicted molar refractivity (Wildman–Crippen MR) is 122 cm³/mol. The highest BCUT2D eigenvalue weighted by Gasteiger charge is 2.34. The van der Waals surface area contributed by atoms with Crippen LogP contribution in [0.3, 0.4) is 0 Å². The van der Waals surface area contributed by atoms with Crippen LogP contribution in [-0.2, 0) is 14.3 Å². The zero-order valence-corrected chi connectivity index (χ0v) is 19.7. The van der Waals surface area contributed by atoms with E-state index >= 15 is 0 Å². The summed E-state index contributed by atoms with van der Waals surface area (Å²) in [5.74, 6) is -1.81. The average Bonchev–Trinajstić information content (AvgIpc) is 3.34. The number of methoxy groups -OCH3 is 1. The van der Waals surface area contributed by atoms with Gasteiger partial charge in [-0.1, -0.05) is 29.9 Å². The molecule has 3 N–H and O–H groups in total. The van der Waals surface area contributed by atoms with Crippen LogP contribution in [0, 0.1) is 6.92 Å². The maximum Gasteiger partial charge on any atom is 0.322 e. The first-order chi connectivity index (χ1) is 15.2. The fourth-order valence-corrected chi connectivity index (χ4v) is 4.94. The van der Waals surface area contributed by atoms with Crippen molar-refractivity contribution >= 4 is 51.6 Å². The highest BCUT2D eigenvalue weighted by molar-refractivity contribution is 7.17. The van der Waals surface area contributed by atoms with E-state index in [1.54, 1.807) is 14.0 Å². The number of nitrogens with one attached hydrogen (secondary N) is 2. The molecular formula is C20H26ClN5O5S. The van der Waals surface area contributed by atoms with Gasteiger partial charge in [0.15, 0.2) is 5.13 Å². The smallest absolute Gasteiger partial charge is 0.322 e. The van der Waals surface area contributed by atoms with Crippen LogP contribution in [0.15, 0.2) is 15.7 Å². The Morgan fingerprint density at radius 3 is 2.72 bits per heavy atom. The lowest BCUT2D eigenvalue weighted by Crippen LogP contribution is -2.55. The van der Waals surface area contributed by atoms with Crippen molar-refractivity contribution in [1.82, 2.24) is 15.6 Å². The van der Waals surface area contributed by atoms with Crippen molar-refractivity contribution in [1.29, 1.82) is 0 Å². The molecule has 1 saturated heterocycles. The number of aliphatic carboxylic acids is 1. The first-order valence-electron chi connectivity index (χ1n) is 10.2. The molecule has 174 valence electrons. The molecule has 0 bridgehead atoms. The number of carboxylic acid groups (broad SMARTS) is 1. The van der Waals surface area contributed by atoms with E-state index in [4.69, 9.17) is 21.4 Å². The van der Waals surface area contributed by atoms with Crippen LogP contribution in [0.4, 0.5) is 5.13 Å². The van der Waals surface area contributed by atoms with Crippen LogP contribution in [0.5, 0.6) is 0 Å². The highest BCUT2D eigenvalue weighted by atomic mass is 35.5. The number of nitrogens with zero attached hydrogens (tertiary/aromatic N) is 3. The number of carbonyl (C=O) groups excluding carboxylic acids is 2. The standard InChI is InChI=1S/C20H26ClN5O5S/c1-4-11-7-13(24-17(11)21)18(29)25-12-5-6-26(9-14(12)31-3)20-23-10(2)16(32-20)19(30)22-8-15(27)28/h12,14H,4-9H2,1-3H3,(H,22,30)(H,25,29)(H,27,28)/t12?,14-/m0/s1. The summed E-state index contributed by atoms with van der Waals surface area (Å²) in [6, 6.07) is -0.199. The van der Waals surface area contributed by atoms with Crippen molar-refractivity contribution in [2.45, 2.75) is 45.3 Å². The molecule has 1 unspecified atom stereocenters. The molecule has 3 heterocycles. The number of halogens is 1. The Hall–Kier alpha value is -2.50. The van der Waals surface area contributed by atoms with Gasteiger partial charge >= 0.3 is 5.97 Å². The fraction of sp³-hybridized carbons (Fsp3) is 0.550. The molecule has 1 aromatic heterocycles. The van der Waals surface area contributed by atoms with E-state index in [0.717, 1.165) is 12.0 Å². The van der Waals surface area contributed by atoms with Gasteiger partial charge in [0.05, 0.1) is 17.8 Å². The molecule has 10 nitrogen and oxygen atoms in total. The van der Waals surface area contributed by atoms with Crippen molar-refractivity contribution in [3.05, 3.63) is 21.3 Å². The van der Waals surface area contributed by atoms with E-state index < -0.39 is 18.4 Å². The predicted octanol–water partition coefficient (Wildman–Crippen LogP) is 1.68. The number of carbonyl (C=O) groups is 3. The van der Waals surface area contributed by atoms with Crippen molar-refractivity contribution in [2.24, 2.45) is 4.99 Å². The maximum atomic E-state index is 12.7. The van der Waals surface area contributed by atoms with Crippen LogP contribution in [0.25, 0.3) is 0 Å². The zero-order valence-electron chi connectivity index (χ0n) is 18.1. The number of carboxylic acids is 1. The SMILES string of the molecule is CCC1=C(Cl)N=C(C(=O)NC2CCN(c3nc(C)c(C(=O)NCC(=O)O)s3)C[C@@H]2OC)C1.